The summed E-state index contributed by atoms with van der Waals surface area (Å²) in [6.07, 6.45) is 2.76. The number of unbranched alkanes of at least 4 members (excludes halogenated alkanes) is 1. The van der Waals surface area contributed by atoms with Crippen LogP contribution in [0.2, 0.25) is 25.7 Å². The van der Waals surface area contributed by atoms with Crippen LogP contribution in [-0.2, 0) is 22.6 Å². The van der Waals surface area contributed by atoms with Crippen LogP contribution in [0.4, 0.5) is 21.2 Å². The number of esters is 1. The molecule has 13 nitrogen and oxygen atoms in total. The molecule has 5 aromatic rings. The number of benzene rings is 2. The zero-order chi connectivity index (χ0) is 46.1. The number of hydrogen-bond donors (Lipinski definition) is 1. The topological polar surface area (TPSA) is 122 Å². The molecule has 0 saturated carbocycles. The lowest BCUT2D eigenvalue weighted by Gasteiger charge is -2.21. The number of carbonyl (C=O) groups is 1. The van der Waals surface area contributed by atoms with Gasteiger partial charge in [0.25, 0.3) is 0 Å². The maximum Gasteiger partial charge on any atom is 0.357 e. The van der Waals surface area contributed by atoms with E-state index in [0.717, 1.165) is 77.1 Å². The van der Waals surface area contributed by atoms with Gasteiger partial charge in [-0.15, -0.1) is 21.5 Å². The average Bonchev–Trinajstić information content (AvgIpc) is 3.85. The van der Waals surface area contributed by atoms with E-state index >= 15 is 0 Å². The number of carbonyl (C=O) groups excluding carboxylic acids is 1. The first-order valence-corrected chi connectivity index (χ1v) is 27.5. The fourth-order valence-electron chi connectivity index (χ4n) is 6.58. The largest absolute Gasteiger partial charge is 0.491 e. The maximum absolute atomic E-state index is 14.9. The Hall–Kier alpha value is -4.54. The number of ether oxygens (including phenoxy) is 3. The van der Waals surface area contributed by atoms with Gasteiger partial charge in [-0.2, -0.15) is 4.99 Å². The summed E-state index contributed by atoms with van der Waals surface area (Å²) in [5.74, 6) is 6.28. The van der Waals surface area contributed by atoms with Crippen LogP contribution in [0.15, 0.2) is 53.5 Å². The molecule has 5 rings (SSSR count). The molecule has 0 aliphatic carbocycles. The summed E-state index contributed by atoms with van der Waals surface area (Å²) < 4.78 is 35.4. The van der Waals surface area contributed by atoms with Crippen molar-refractivity contribution in [3.8, 4) is 17.6 Å². The summed E-state index contributed by atoms with van der Waals surface area (Å²) >= 11 is 3.01. The number of para-hydroxylation sites is 1. The minimum atomic E-state index is -1.24. The zero-order valence-electron chi connectivity index (χ0n) is 39.1. The van der Waals surface area contributed by atoms with Gasteiger partial charge in [0.2, 0.25) is 0 Å². The highest BCUT2D eigenvalue weighted by Crippen LogP contribution is 2.34. The van der Waals surface area contributed by atoms with E-state index in [-0.39, 0.29) is 18.1 Å². The maximum atomic E-state index is 14.9. The number of nitrogens with zero attached hydrogens (tertiary/aromatic N) is 8. The van der Waals surface area contributed by atoms with E-state index in [9.17, 15) is 9.18 Å². The summed E-state index contributed by atoms with van der Waals surface area (Å²) in [5, 5.41) is 13.6. The molecule has 0 bridgehead atoms. The molecular formula is C47H66FN9O4S2Si. The molecule has 0 spiro atoms. The van der Waals surface area contributed by atoms with E-state index < -0.39 is 19.9 Å². The van der Waals surface area contributed by atoms with Gasteiger partial charge in [0.1, 0.15) is 6.73 Å². The first-order chi connectivity index (χ1) is 30.8. The van der Waals surface area contributed by atoms with Gasteiger partial charge in [-0.25, -0.2) is 14.2 Å². The number of methoxy groups -OCH3 is 1. The number of aromatic nitrogens is 4. The number of hydrogen-bond acceptors (Lipinski definition) is 14. The quantitative estimate of drug-likeness (QED) is 0.0263. The number of halogens is 1. The molecule has 64 heavy (non-hydrogen) atoms. The second-order valence-electron chi connectivity index (χ2n) is 17.0. The Balaban J connectivity index is 1.37. The number of likely N-dealkylation sites (N-methyl/N-ethyl adjacent to an activating group) is 1. The molecule has 0 fully saturated rings. The van der Waals surface area contributed by atoms with E-state index in [0.29, 0.717) is 61.6 Å². The monoisotopic (exact) mass is 931 g/mol. The highest BCUT2D eigenvalue weighted by Gasteiger charge is 2.24. The summed E-state index contributed by atoms with van der Waals surface area (Å²) in [6, 6.07) is 16.1. The number of fused-ring (bicyclic) bond motifs is 1. The van der Waals surface area contributed by atoms with Crippen molar-refractivity contribution >= 4 is 63.7 Å². The van der Waals surface area contributed by atoms with E-state index in [1.807, 2.05) is 49.0 Å². The van der Waals surface area contributed by atoms with Gasteiger partial charge >= 0.3 is 5.97 Å². The van der Waals surface area contributed by atoms with Crippen molar-refractivity contribution in [3.05, 3.63) is 80.8 Å². The van der Waals surface area contributed by atoms with Crippen LogP contribution in [0.1, 0.15) is 59.6 Å². The Labute approximate surface area is 387 Å². The van der Waals surface area contributed by atoms with Crippen molar-refractivity contribution in [2.24, 2.45) is 4.99 Å². The van der Waals surface area contributed by atoms with Gasteiger partial charge in [-0.05, 0) is 114 Å². The first kappa shape index (κ1) is 50.5. The molecule has 0 unspecified atom stereocenters. The van der Waals surface area contributed by atoms with E-state index in [1.54, 1.807) is 23.5 Å². The Morgan fingerprint density at radius 1 is 0.984 bits per heavy atom. The predicted octanol–water partition coefficient (Wildman–Crippen LogP) is 8.50. The van der Waals surface area contributed by atoms with Gasteiger partial charge in [-0.3, -0.25) is 9.47 Å². The highest BCUT2D eigenvalue weighted by molar-refractivity contribution is 7.16. The lowest BCUT2D eigenvalue weighted by Crippen LogP contribution is -2.32. The van der Waals surface area contributed by atoms with Crippen LogP contribution < -0.4 is 19.8 Å². The van der Waals surface area contributed by atoms with E-state index in [2.05, 4.69) is 77.3 Å². The summed E-state index contributed by atoms with van der Waals surface area (Å²) in [7, 11) is 3.97. The van der Waals surface area contributed by atoms with Gasteiger partial charge < -0.3 is 29.3 Å². The molecule has 0 aliphatic rings. The van der Waals surface area contributed by atoms with Crippen molar-refractivity contribution in [1.82, 2.24) is 34.9 Å². The molecule has 17 heteroatoms. The number of thiazole rings is 2. The molecule has 1 N–H and O–H groups in total. The molecule has 0 amide bonds. The lowest BCUT2D eigenvalue weighted by atomic mass is 10.2. The van der Waals surface area contributed by atoms with Crippen LogP contribution in [0.5, 0.6) is 5.75 Å². The molecule has 0 radical (unpaired) electrons. The Morgan fingerprint density at radius 3 is 2.50 bits per heavy atom. The van der Waals surface area contributed by atoms with Crippen LogP contribution in [0.3, 0.4) is 0 Å². The smallest absolute Gasteiger partial charge is 0.357 e. The predicted molar refractivity (Wildman–Crippen MR) is 262 cm³/mol. The van der Waals surface area contributed by atoms with Crippen molar-refractivity contribution in [2.75, 3.05) is 85.1 Å². The fraction of sp³-hybridized carbons (Fsp3) is 0.511. The lowest BCUT2D eigenvalue weighted by molar-refractivity contribution is 0.0593. The Morgan fingerprint density at radius 2 is 1.78 bits per heavy atom. The first-order valence-electron chi connectivity index (χ1n) is 22.2. The van der Waals surface area contributed by atoms with E-state index in [1.165, 1.54) is 24.5 Å². The van der Waals surface area contributed by atoms with Crippen molar-refractivity contribution in [2.45, 2.75) is 78.9 Å². The molecule has 0 aliphatic heterocycles. The molecule has 3 heterocycles. The van der Waals surface area contributed by atoms with Crippen LogP contribution in [-0.4, -0.2) is 124 Å². The van der Waals surface area contributed by atoms with Crippen molar-refractivity contribution in [3.63, 3.8) is 0 Å². The normalized spacial score (nSPS) is 12.0. The van der Waals surface area contributed by atoms with E-state index in [4.69, 9.17) is 29.3 Å². The summed E-state index contributed by atoms with van der Waals surface area (Å²) in [4.78, 5) is 30.9. The third-order valence-corrected chi connectivity index (χ3v) is 14.3. The third kappa shape index (κ3) is 15.3. The van der Waals surface area contributed by atoms with Crippen LogP contribution in [0.25, 0.3) is 10.2 Å². The average molecular weight is 932 g/mol. The molecule has 3 aromatic heterocycles. The minimum Gasteiger partial charge on any atom is -0.491 e. The molecule has 0 atom stereocenters. The van der Waals surface area contributed by atoms with Gasteiger partial charge in [0.15, 0.2) is 38.8 Å². The Bertz CT molecular complexity index is 2400. The standard InChI is InChI=1S/C47H66FN9O4S2Si/c1-10-55(11-2)28-25-49-24-14-15-27-56(42-32-35(3)44(53-52-42)51-47-57(34-60-30-31-64(7,8)9)38-19-12-13-20-40(38)62-47)46-50-43(45(58)59-6)41(63-46)21-17-29-61-39-23-22-36(33-37(39)48)18-16-26-54(4)5/h12-13,19-20,22-23,32-33,49H,10-11,14-15,17,21,24-31,34H2,1-9H3. The summed E-state index contributed by atoms with van der Waals surface area (Å²) in [6.45, 7) is 20.8. The van der Waals surface area contributed by atoms with Gasteiger partial charge in [0, 0.05) is 44.8 Å². The molecule has 0 saturated heterocycles. The summed E-state index contributed by atoms with van der Waals surface area (Å²) in [5.41, 5.74) is 2.74. The van der Waals surface area contributed by atoms with Crippen molar-refractivity contribution in [1.29, 1.82) is 0 Å². The van der Waals surface area contributed by atoms with Gasteiger partial charge in [-0.1, -0.05) is 68.8 Å². The second kappa shape index (κ2) is 25.2. The fourth-order valence-corrected chi connectivity index (χ4v) is 9.48. The second-order valence-corrected chi connectivity index (χ2v) is 24.7. The number of rotatable bonds is 25. The Kier molecular flexibility index (Phi) is 19.9. The van der Waals surface area contributed by atoms with Crippen LogP contribution in [0, 0.1) is 24.6 Å². The number of anilines is 2. The number of nitrogens with one attached hydrogen (secondary N) is 1. The minimum absolute atomic E-state index is 0.155. The molecule has 346 valence electrons. The van der Waals surface area contributed by atoms with Crippen LogP contribution >= 0.6 is 22.7 Å². The third-order valence-electron chi connectivity index (χ3n) is 10.4. The number of aryl methyl sites for hydroxylation is 2. The molecule has 2 aromatic carbocycles. The van der Waals surface area contributed by atoms with Crippen molar-refractivity contribution < 1.29 is 23.4 Å². The van der Waals surface area contributed by atoms with Gasteiger partial charge in [0.05, 0.1) is 30.5 Å². The zero-order valence-corrected chi connectivity index (χ0v) is 41.8. The SMILES string of the molecule is CCN(CC)CCNCCCCN(c1cc(C)c(N=c2sc3ccccc3n2COCC[Si](C)(C)C)nn1)c1nc(C(=O)OC)c(CCCOc2ccc(C#CCN(C)C)cc2F)s1. The highest BCUT2D eigenvalue weighted by atomic mass is 32.1. The molecular weight excluding hydrogens is 866 g/mol.